The molecule has 0 aliphatic rings. The van der Waals surface area contributed by atoms with E-state index in [2.05, 4.69) is 22.2 Å². The zero-order valence-electron chi connectivity index (χ0n) is 13.7. The molecule has 0 aliphatic heterocycles. The van der Waals surface area contributed by atoms with Gasteiger partial charge >= 0.3 is 5.69 Å². The summed E-state index contributed by atoms with van der Waals surface area (Å²) < 4.78 is 5.52. The number of hydrogen-bond acceptors (Lipinski definition) is 6. The van der Waals surface area contributed by atoms with Crippen LogP contribution in [0.15, 0.2) is 0 Å². The highest BCUT2D eigenvalue weighted by molar-refractivity contribution is 5.61. The van der Waals surface area contributed by atoms with E-state index in [-0.39, 0.29) is 17.4 Å². The van der Waals surface area contributed by atoms with Gasteiger partial charge in [0, 0.05) is 13.0 Å². The molecular weight excluding hydrogens is 284 g/mol. The highest BCUT2D eigenvalue weighted by Gasteiger charge is 2.25. The van der Waals surface area contributed by atoms with E-state index in [1.54, 1.807) is 0 Å². The normalized spacial score (nSPS) is 10.5. The number of unbranched alkanes of at least 4 members (excludes halogenated alkanes) is 3. The Morgan fingerprint density at radius 1 is 1.14 bits per heavy atom. The van der Waals surface area contributed by atoms with E-state index >= 15 is 0 Å². The summed E-state index contributed by atoms with van der Waals surface area (Å²) in [5, 5.41) is 14.4. The fraction of sp³-hybridized carbons (Fsp3) is 0.733. The van der Waals surface area contributed by atoms with Crippen LogP contribution in [0.25, 0.3) is 0 Å². The third kappa shape index (κ3) is 5.46. The maximum absolute atomic E-state index is 11.4. The third-order valence-electron chi connectivity index (χ3n) is 3.21. The minimum absolute atomic E-state index is 0.0725. The minimum atomic E-state index is -0.469. The van der Waals surface area contributed by atoms with Crippen LogP contribution < -0.4 is 10.1 Å². The molecule has 0 aromatic carbocycles. The average Bonchev–Trinajstić information content (AvgIpc) is 2.51. The lowest BCUT2D eigenvalue weighted by Crippen LogP contribution is -2.12. The molecule has 0 aliphatic carbocycles. The minimum Gasteiger partial charge on any atom is -0.473 e. The van der Waals surface area contributed by atoms with Gasteiger partial charge in [-0.25, -0.2) is 4.98 Å². The Balaban J connectivity index is 2.99. The molecule has 1 aromatic heterocycles. The summed E-state index contributed by atoms with van der Waals surface area (Å²) in [6.07, 6.45) is 5.52. The van der Waals surface area contributed by atoms with Crippen LogP contribution in [0, 0.1) is 10.1 Å². The summed E-state index contributed by atoms with van der Waals surface area (Å²) in [6.45, 7) is 7.14. The van der Waals surface area contributed by atoms with Crippen molar-refractivity contribution in [3.8, 4) is 5.88 Å². The summed E-state index contributed by atoms with van der Waals surface area (Å²) in [5.41, 5.74) is -0.162. The summed E-state index contributed by atoms with van der Waals surface area (Å²) in [7, 11) is 0. The molecule has 0 saturated carbocycles. The van der Waals surface area contributed by atoms with Gasteiger partial charge < -0.3 is 10.1 Å². The standard InChI is InChI=1S/C15H26N4O3/c1-4-7-9-10-16-14-13(19(20)21)15(22-11-8-5-2)18-12(6-3)17-14/h4-11H2,1-3H3,(H,16,17,18). The molecule has 1 rings (SSSR count). The van der Waals surface area contributed by atoms with Gasteiger partial charge in [0.15, 0.2) is 0 Å². The molecule has 22 heavy (non-hydrogen) atoms. The highest BCUT2D eigenvalue weighted by Crippen LogP contribution is 2.32. The monoisotopic (exact) mass is 310 g/mol. The van der Waals surface area contributed by atoms with E-state index < -0.39 is 4.92 Å². The van der Waals surface area contributed by atoms with Crippen LogP contribution in [-0.4, -0.2) is 28.0 Å². The zero-order chi connectivity index (χ0) is 16.4. The van der Waals surface area contributed by atoms with E-state index in [1.165, 1.54) is 0 Å². The van der Waals surface area contributed by atoms with E-state index in [0.717, 1.165) is 32.1 Å². The van der Waals surface area contributed by atoms with Crippen molar-refractivity contribution in [2.24, 2.45) is 0 Å². The Labute approximate surface area is 131 Å². The van der Waals surface area contributed by atoms with Crippen molar-refractivity contribution in [2.75, 3.05) is 18.5 Å². The van der Waals surface area contributed by atoms with Crippen LogP contribution in [0.5, 0.6) is 5.88 Å². The van der Waals surface area contributed by atoms with Crippen LogP contribution in [0.1, 0.15) is 58.7 Å². The number of nitrogens with zero attached hydrogens (tertiary/aromatic N) is 3. The first-order valence-electron chi connectivity index (χ1n) is 8.05. The predicted molar refractivity (Wildman–Crippen MR) is 86.5 cm³/mol. The van der Waals surface area contributed by atoms with Gasteiger partial charge in [-0.1, -0.05) is 40.0 Å². The van der Waals surface area contributed by atoms with E-state index in [4.69, 9.17) is 4.74 Å². The van der Waals surface area contributed by atoms with Crippen LogP contribution in [0.4, 0.5) is 11.5 Å². The smallest absolute Gasteiger partial charge is 0.372 e. The molecule has 0 bridgehead atoms. The van der Waals surface area contributed by atoms with Crippen molar-refractivity contribution in [1.82, 2.24) is 9.97 Å². The number of nitrogens with one attached hydrogen (secondary N) is 1. The summed E-state index contributed by atoms with van der Waals surface area (Å²) >= 11 is 0. The van der Waals surface area contributed by atoms with E-state index in [0.29, 0.717) is 25.4 Å². The third-order valence-corrected chi connectivity index (χ3v) is 3.21. The Kier molecular flexibility index (Phi) is 8.17. The number of hydrogen-bond donors (Lipinski definition) is 1. The van der Waals surface area contributed by atoms with Crippen molar-refractivity contribution in [3.05, 3.63) is 15.9 Å². The molecule has 1 aromatic rings. The maximum atomic E-state index is 11.4. The largest absolute Gasteiger partial charge is 0.473 e. The molecule has 0 unspecified atom stereocenters. The first kappa shape index (κ1) is 18.1. The lowest BCUT2D eigenvalue weighted by molar-refractivity contribution is -0.385. The van der Waals surface area contributed by atoms with Gasteiger partial charge in [-0.3, -0.25) is 10.1 Å². The Hall–Kier alpha value is -1.92. The average molecular weight is 310 g/mol. The molecule has 7 heteroatoms. The Morgan fingerprint density at radius 3 is 2.45 bits per heavy atom. The van der Waals surface area contributed by atoms with Crippen LogP contribution in [-0.2, 0) is 6.42 Å². The van der Waals surface area contributed by atoms with Gasteiger partial charge in [0.25, 0.3) is 5.88 Å². The second-order valence-corrected chi connectivity index (χ2v) is 5.09. The van der Waals surface area contributed by atoms with E-state index in [1.807, 2.05) is 13.8 Å². The number of nitro groups is 1. The molecule has 0 fully saturated rings. The van der Waals surface area contributed by atoms with Crippen LogP contribution in [0.2, 0.25) is 0 Å². The van der Waals surface area contributed by atoms with E-state index in [9.17, 15) is 10.1 Å². The molecule has 7 nitrogen and oxygen atoms in total. The van der Waals surface area contributed by atoms with Gasteiger partial charge in [-0.15, -0.1) is 0 Å². The molecule has 124 valence electrons. The molecular formula is C15H26N4O3. The van der Waals surface area contributed by atoms with Gasteiger partial charge in [-0.05, 0) is 12.8 Å². The maximum Gasteiger partial charge on any atom is 0.372 e. The molecule has 0 radical (unpaired) electrons. The zero-order valence-corrected chi connectivity index (χ0v) is 13.7. The van der Waals surface area contributed by atoms with Crippen molar-refractivity contribution >= 4 is 11.5 Å². The molecule has 0 atom stereocenters. The lowest BCUT2D eigenvalue weighted by atomic mass is 10.2. The highest BCUT2D eigenvalue weighted by atomic mass is 16.6. The fourth-order valence-electron chi connectivity index (χ4n) is 1.92. The quantitative estimate of drug-likeness (QED) is 0.380. The Bertz CT molecular complexity index is 480. The first-order valence-corrected chi connectivity index (χ1v) is 8.05. The summed E-state index contributed by atoms with van der Waals surface area (Å²) in [6, 6.07) is 0. The molecule has 1 N–H and O–H groups in total. The molecule has 1 heterocycles. The van der Waals surface area contributed by atoms with Gasteiger partial charge in [0.05, 0.1) is 11.5 Å². The number of rotatable bonds is 11. The van der Waals surface area contributed by atoms with Crippen molar-refractivity contribution in [3.63, 3.8) is 0 Å². The van der Waals surface area contributed by atoms with Crippen molar-refractivity contribution in [1.29, 1.82) is 0 Å². The van der Waals surface area contributed by atoms with Gasteiger partial charge in [-0.2, -0.15) is 4.98 Å². The lowest BCUT2D eigenvalue weighted by Gasteiger charge is -2.11. The number of anilines is 1. The molecule has 0 amide bonds. The van der Waals surface area contributed by atoms with Crippen molar-refractivity contribution < 1.29 is 9.66 Å². The molecule has 0 spiro atoms. The van der Waals surface area contributed by atoms with Gasteiger partial charge in [0.1, 0.15) is 5.82 Å². The van der Waals surface area contributed by atoms with Crippen LogP contribution >= 0.6 is 0 Å². The number of aromatic nitrogens is 2. The van der Waals surface area contributed by atoms with Crippen LogP contribution in [0.3, 0.4) is 0 Å². The first-order chi connectivity index (χ1) is 10.6. The number of aryl methyl sites for hydroxylation is 1. The topological polar surface area (TPSA) is 90.2 Å². The number of ether oxygens (including phenoxy) is 1. The molecule has 0 saturated heterocycles. The summed E-state index contributed by atoms with van der Waals surface area (Å²) in [4.78, 5) is 19.3. The Morgan fingerprint density at radius 2 is 1.86 bits per heavy atom. The second-order valence-electron chi connectivity index (χ2n) is 5.09. The fourth-order valence-corrected chi connectivity index (χ4v) is 1.92. The van der Waals surface area contributed by atoms with Crippen molar-refractivity contribution in [2.45, 2.75) is 59.3 Å². The predicted octanol–water partition coefficient (Wildman–Crippen LogP) is 3.73. The SMILES string of the molecule is CCCCCNc1nc(CC)nc(OCCCC)c1[N+](=O)[O-]. The van der Waals surface area contributed by atoms with Gasteiger partial charge in [0.2, 0.25) is 5.82 Å². The second kappa shape index (κ2) is 9.92. The summed E-state index contributed by atoms with van der Waals surface area (Å²) in [5.74, 6) is 0.887.